The molecule has 1 atom stereocenters. The first-order chi connectivity index (χ1) is 8.88. The number of hydrogen-bond acceptors (Lipinski definition) is 1. The van der Waals surface area contributed by atoms with Crippen LogP contribution in [0.15, 0.2) is 65.2 Å². The van der Waals surface area contributed by atoms with Crippen molar-refractivity contribution in [2.45, 2.75) is 13.1 Å². The second-order valence-corrected chi connectivity index (χ2v) is 5.67. The first kappa shape index (κ1) is 15.9. The molecule has 5 heteroatoms. The summed E-state index contributed by atoms with van der Waals surface area (Å²) in [6.45, 7) is 1.82. The molecular weight excluding hydrogens is 274 g/mol. The van der Waals surface area contributed by atoms with Gasteiger partial charge in [-0.2, -0.15) is 0 Å². The minimum absolute atomic E-state index is 0. The van der Waals surface area contributed by atoms with Crippen LogP contribution < -0.4 is 0 Å². The molecule has 2 N–H and O–H groups in total. The molecule has 0 aromatic heterocycles. The van der Waals surface area contributed by atoms with Crippen LogP contribution in [0.1, 0.15) is 11.1 Å². The lowest BCUT2D eigenvalue weighted by Crippen LogP contribution is -2.11. The first-order valence-corrected chi connectivity index (χ1v) is 7.14. The molecule has 1 unspecified atom stereocenters. The number of nitrogens with zero attached hydrogens (tertiary/aromatic N) is 2. The minimum Gasteiger partial charge on any atom is -0.412 e. The molecule has 0 saturated heterocycles. The van der Waals surface area contributed by atoms with Gasteiger partial charge >= 0.3 is 0 Å². The van der Waals surface area contributed by atoms with E-state index in [1.807, 2.05) is 12.1 Å². The molecular formula is C14H18N2OP2. The average molecular weight is 292 g/mol. The molecule has 19 heavy (non-hydrogen) atoms. The minimum atomic E-state index is 0. The van der Waals surface area contributed by atoms with Gasteiger partial charge in [0.15, 0.2) is 0 Å². The number of hydrogen-bond donors (Lipinski definition) is 0. The molecule has 100 valence electrons. The van der Waals surface area contributed by atoms with E-state index in [0.717, 1.165) is 21.6 Å². The van der Waals surface area contributed by atoms with Gasteiger partial charge in [0.1, 0.15) is 0 Å². The van der Waals surface area contributed by atoms with Crippen LogP contribution in [-0.4, -0.2) is 10.1 Å². The summed E-state index contributed by atoms with van der Waals surface area (Å²) < 4.78 is 6.43. The molecule has 0 bridgehead atoms. The standard InChI is InChI=1S/C14H16N2P2.H2O/c17-15-18-16(11-13-7-3-1-4-8-13)12-14-9-5-2-6-10-14;/h1-10H,11-12,17H2;1H2. The van der Waals surface area contributed by atoms with E-state index in [0.29, 0.717) is 0 Å². The van der Waals surface area contributed by atoms with E-state index in [1.54, 1.807) is 0 Å². The van der Waals surface area contributed by atoms with Gasteiger partial charge in [0.2, 0.25) is 0 Å². The average Bonchev–Trinajstić information content (AvgIpc) is 2.41. The fraction of sp³-hybridized carbons (Fsp3) is 0.143. The fourth-order valence-electron chi connectivity index (χ4n) is 1.78. The van der Waals surface area contributed by atoms with Crippen LogP contribution in [0.5, 0.6) is 0 Å². The second-order valence-electron chi connectivity index (χ2n) is 4.00. The van der Waals surface area contributed by atoms with E-state index < -0.39 is 0 Å². The second kappa shape index (κ2) is 8.90. The van der Waals surface area contributed by atoms with Gasteiger partial charge in [-0.25, -0.2) is 9.19 Å². The Morgan fingerprint density at radius 2 is 1.26 bits per heavy atom. The van der Waals surface area contributed by atoms with Gasteiger partial charge in [-0.1, -0.05) is 60.7 Å². The lowest BCUT2D eigenvalue weighted by atomic mass is 10.2. The Morgan fingerprint density at radius 3 is 1.63 bits per heavy atom. The van der Waals surface area contributed by atoms with E-state index >= 15 is 0 Å². The molecule has 2 rings (SSSR count). The van der Waals surface area contributed by atoms with Crippen LogP contribution in [0.2, 0.25) is 0 Å². The third-order valence-electron chi connectivity index (χ3n) is 2.59. The van der Waals surface area contributed by atoms with Gasteiger partial charge in [-0.3, -0.25) is 0 Å². The molecule has 0 aliphatic rings. The van der Waals surface area contributed by atoms with Crippen LogP contribution in [0, 0.1) is 0 Å². The molecule has 0 saturated carbocycles. The highest BCUT2D eigenvalue weighted by Crippen LogP contribution is 2.20. The van der Waals surface area contributed by atoms with Gasteiger partial charge in [-0.05, 0) is 20.5 Å². The Balaban J connectivity index is 0.00000180. The van der Waals surface area contributed by atoms with Crippen LogP contribution >= 0.6 is 17.9 Å². The highest BCUT2D eigenvalue weighted by Gasteiger charge is 2.04. The third-order valence-corrected chi connectivity index (χ3v) is 3.54. The first-order valence-electron chi connectivity index (χ1n) is 5.82. The Kier molecular flexibility index (Phi) is 7.47. The van der Waals surface area contributed by atoms with Gasteiger partial charge in [-0.15, -0.1) is 0 Å². The summed E-state index contributed by atoms with van der Waals surface area (Å²) in [4.78, 5) is 0. The zero-order valence-electron chi connectivity index (χ0n) is 10.6. The molecule has 0 amide bonds. The van der Waals surface area contributed by atoms with Crippen molar-refractivity contribution in [2.24, 2.45) is 4.52 Å². The van der Waals surface area contributed by atoms with Crippen LogP contribution in [0.4, 0.5) is 0 Å². The molecule has 0 spiro atoms. The molecule has 0 aliphatic heterocycles. The van der Waals surface area contributed by atoms with Crippen LogP contribution in [0.3, 0.4) is 0 Å². The monoisotopic (exact) mass is 292 g/mol. The quantitative estimate of drug-likeness (QED) is 0.775. The maximum atomic E-state index is 4.14. The molecule has 0 heterocycles. The third kappa shape index (κ3) is 5.59. The molecule has 2 aromatic rings. The van der Waals surface area contributed by atoms with Crippen molar-refractivity contribution < 1.29 is 5.48 Å². The molecule has 0 radical (unpaired) electrons. The predicted octanol–water partition coefficient (Wildman–Crippen LogP) is 3.70. The van der Waals surface area contributed by atoms with Crippen molar-refractivity contribution in [1.29, 1.82) is 0 Å². The summed E-state index contributed by atoms with van der Waals surface area (Å²) in [5, 5.41) is 0. The summed E-state index contributed by atoms with van der Waals surface area (Å²) in [5.41, 5.74) is 2.63. The Morgan fingerprint density at radius 1 is 0.842 bits per heavy atom. The zero-order valence-corrected chi connectivity index (χ0v) is 12.7. The van der Waals surface area contributed by atoms with Gasteiger partial charge < -0.3 is 5.48 Å². The van der Waals surface area contributed by atoms with Crippen molar-refractivity contribution in [1.82, 2.24) is 4.67 Å². The van der Waals surface area contributed by atoms with Crippen molar-refractivity contribution in [2.75, 3.05) is 0 Å². The normalized spacial score (nSPS) is 10.6. The van der Waals surface area contributed by atoms with Crippen molar-refractivity contribution >= 4 is 17.9 Å². The Bertz CT molecular complexity index is 450. The smallest absolute Gasteiger partial charge is 0.0974 e. The summed E-state index contributed by atoms with van der Waals surface area (Å²) in [6.07, 6.45) is 0. The van der Waals surface area contributed by atoms with E-state index in [2.05, 4.69) is 67.1 Å². The predicted molar refractivity (Wildman–Crippen MR) is 84.8 cm³/mol. The largest absolute Gasteiger partial charge is 0.412 e. The van der Waals surface area contributed by atoms with Gasteiger partial charge in [0.05, 0.1) is 8.52 Å². The molecule has 0 aliphatic carbocycles. The van der Waals surface area contributed by atoms with Crippen LogP contribution in [-0.2, 0) is 13.1 Å². The highest BCUT2D eigenvalue weighted by atomic mass is 31.1. The highest BCUT2D eigenvalue weighted by molar-refractivity contribution is 7.33. The molecule has 3 nitrogen and oxygen atoms in total. The molecule has 2 aromatic carbocycles. The Labute approximate surface area is 118 Å². The van der Waals surface area contributed by atoms with Gasteiger partial charge in [0.25, 0.3) is 0 Å². The van der Waals surface area contributed by atoms with E-state index in [4.69, 9.17) is 0 Å². The lowest BCUT2D eigenvalue weighted by Gasteiger charge is -2.16. The summed E-state index contributed by atoms with van der Waals surface area (Å²) >= 11 is 0. The van der Waals surface area contributed by atoms with Crippen LogP contribution in [0.25, 0.3) is 0 Å². The van der Waals surface area contributed by atoms with Crippen molar-refractivity contribution in [3.63, 3.8) is 0 Å². The fourth-order valence-corrected chi connectivity index (χ4v) is 2.82. The summed E-state index contributed by atoms with van der Waals surface area (Å²) in [6, 6.07) is 21.0. The SMILES string of the molecule is O.PN=PN(Cc1ccccc1)Cc1ccccc1. The summed E-state index contributed by atoms with van der Waals surface area (Å²) in [5.74, 6) is 0. The zero-order chi connectivity index (χ0) is 12.6. The van der Waals surface area contributed by atoms with Gasteiger partial charge in [0, 0.05) is 13.1 Å². The van der Waals surface area contributed by atoms with Crippen molar-refractivity contribution in [3.8, 4) is 0 Å². The Hall–Kier alpha value is -1.11. The number of rotatable bonds is 5. The van der Waals surface area contributed by atoms with E-state index in [9.17, 15) is 0 Å². The summed E-state index contributed by atoms with van der Waals surface area (Å²) in [7, 11) is 3.41. The molecule has 0 fully saturated rings. The lowest BCUT2D eigenvalue weighted by molar-refractivity contribution is 0.457. The topological polar surface area (TPSA) is 47.1 Å². The van der Waals surface area contributed by atoms with E-state index in [-0.39, 0.29) is 5.48 Å². The van der Waals surface area contributed by atoms with Crippen molar-refractivity contribution in [3.05, 3.63) is 71.8 Å². The van der Waals surface area contributed by atoms with E-state index in [1.165, 1.54) is 11.1 Å². The maximum Gasteiger partial charge on any atom is 0.0974 e. The maximum absolute atomic E-state index is 4.14. The number of benzene rings is 2.